The summed E-state index contributed by atoms with van der Waals surface area (Å²) >= 11 is 12.3. The predicted octanol–water partition coefficient (Wildman–Crippen LogP) is 5.92. The Kier molecular flexibility index (Phi) is 5.98. The zero-order valence-electron chi connectivity index (χ0n) is 16.7. The number of hydrogen-bond acceptors (Lipinski definition) is 4. The van der Waals surface area contributed by atoms with Gasteiger partial charge in [-0.15, -0.1) is 0 Å². The predicted molar refractivity (Wildman–Crippen MR) is 129 cm³/mol. The number of hydrogen-bond donors (Lipinski definition) is 1. The van der Waals surface area contributed by atoms with Crippen LogP contribution in [0.5, 0.6) is 0 Å². The standard InChI is InChI=1S/C24H17Cl2N3O2S/c25-18-6-5-16(23(26)12-18)14-29-15-17(22-3-1-2-4-24(22)29)11-21(13-27)32(30,31)20-9-7-19(28)8-10-20/h1-12,15H,14,28H2/b21-11+. The molecule has 0 unspecified atom stereocenters. The highest BCUT2D eigenvalue weighted by molar-refractivity contribution is 7.95. The van der Waals surface area contributed by atoms with Crippen molar-refractivity contribution in [2.45, 2.75) is 11.4 Å². The molecule has 5 nitrogen and oxygen atoms in total. The van der Waals surface area contributed by atoms with Crippen LogP contribution in [-0.2, 0) is 16.4 Å². The lowest BCUT2D eigenvalue weighted by Gasteiger charge is -2.08. The number of benzene rings is 3. The van der Waals surface area contributed by atoms with E-state index in [1.807, 2.05) is 47.2 Å². The highest BCUT2D eigenvalue weighted by Crippen LogP contribution is 2.29. The molecular formula is C24H17Cl2N3O2S. The van der Waals surface area contributed by atoms with Crippen molar-refractivity contribution in [2.24, 2.45) is 0 Å². The van der Waals surface area contributed by atoms with Crippen LogP contribution in [0.25, 0.3) is 17.0 Å². The Hall–Kier alpha value is -3.24. The van der Waals surface area contributed by atoms with Crippen LogP contribution in [0, 0.1) is 11.3 Å². The van der Waals surface area contributed by atoms with Crippen LogP contribution in [-0.4, -0.2) is 13.0 Å². The second-order valence-corrected chi connectivity index (χ2v) is 9.92. The number of para-hydroxylation sites is 1. The van der Waals surface area contributed by atoms with Crippen molar-refractivity contribution in [3.05, 3.63) is 99.0 Å². The number of halogens is 2. The van der Waals surface area contributed by atoms with Gasteiger partial charge in [0, 0.05) is 44.9 Å². The summed E-state index contributed by atoms with van der Waals surface area (Å²) in [6.07, 6.45) is 3.21. The molecule has 0 bridgehead atoms. The molecule has 160 valence electrons. The zero-order chi connectivity index (χ0) is 22.9. The van der Waals surface area contributed by atoms with Gasteiger partial charge in [0.25, 0.3) is 0 Å². The summed E-state index contributed by atoms with van der Waals surface area (Å²) in [5.41, 5.74) is 8.45. The number of sulfone groups is 1. The van der Waals surface area contributed by atoms with Crippen molar-refractivity contribution >= 4 is 55.7 Å². The number of nitrogens with two attached hydrogens (primary N) is 1. The Morgan fingerprint density at radius 2 is 1.78 bits per heavy atom. The molecule has 0 saturated carbocycles. The lowest BCUT2D eigenvalue weighted by Crippen LogP contribution is -2.03. The quantitative estimate of drug-likeness (QED) is 0.283. The Morgan fingerprint density at radius 3 is 2.47 bits per heavy atom. The molecular weight excluding hydrogens is 465 g/mol. The first kappa shape index (κ1) is 22.0. The van der Waals surface area contributed by atoms with E-state index < -0.39 is 9.84 Å². The second kappa shape index (κ2) is 8.71. The van der Waals surface area contributed by atoms with E-state index in [2.05, 4.69) is 0 Å². The minimum Gasteiger partial charge on any atom is -0.399 e. The number of nitrogens with zero attached hydrogens (tertiary/aromatic N) is 2. The first-order chi connectivity index (χ1) is 15.3. The summed E-state index contributed by atoms with van der Waals surface area (Å²) in [5.74, 6) is 0. The van der Waals surface area contributed by atoms with Crippen LogP contribution in [0.15, 0.2) is 82.7 Å². The van der Waals surface area contributed by atoms with E-state index >= 15 is 0 Å². The summed E-state index contributed by atoms with van der Waals surface area (Å²) in [6.45, 7) is 0.455. The van der Waals surface area contributed by atoms with E-state index in [1.165, 1.54) is 30.3 Å². The highest BCUT2D eigenvalue weighted by Gasteiger charge is 2.21. The third-order valence-corrected chi connectivity index (χ3v) is 7.32. The largest absolute Gasteiger partial charge is 0.399 e. The average molecular weight is 482 g/mol. The second-order valence-electron chi connectivity index (χ2n) is 7.16. The molecule has 0 saturated heterocycles. The Labute approximate surface area is 195 Å². The molecule has 3 aromatic carbocycles. The number of nitrogen functional groups attached to an aromatic ring is 1. The summed E-state index contributed by atoms with van der Waals surface area (Å²) in [4.78, 5) is -0.342. The third-order valence-electron chi connectivity index (χ3n) is 5.05. The van der Waals surface area contributed by atoms with Gasteiger partial charge in [-0.2, -0.15) is 5.26 Å². The van der Waals surface area contributed by atoms with Crippen LogP contribution >= 0.6 is 23.2 Å². The van der Waals surface area contributed by atoms with Gasteiger partial charge in [-0.05, 0) is 54.1 Å². The fraction of sp³-hybridized carbons (Fsp3) is 0.0417. The van der Waals surface area contributed by atoms with Crippen LogP contribution in [0.3, 0.4) is 0 Å². The molecule has 1 aromatic heterocycles. The van der Waals surface area contributed by atoms with Crippen molar-refractivity contribution in [3.8, 4) is 6.07 Å². The fourth-order valence-corrected chi connectivity index (χ4v) is 5.06. The molecule has 0 aliphatic rings. The van der Waals surface area contributed by atoms with E-state index in [1.54, 1.807) is 12.1 Å². The highest BCUT2D eigenvalue weighted by atomic mass is 35.5. The Balaban J connectivity index is 1.81. The van der Waals surface area contributed by atoms with E-state index in [0.717, 1.165) is 16.5 Å². The Morgan fingerprint density at radius 1 is 1.06 bits per heavy atom. The SMILES string of the molecule is N#C/C(=C\c1cn(Cc2ccc(Cl)cc2Cl)c2ccccc12)S(=O)(=O)c1ccc(N)cc1. The molecule has 0 fully saturated rings. The van der Waals surface area contributed by atoms with Crippen molar-refractivity contribution in [1.82, 2.24) is 4.57 Å². The molecule has 2 N–H and O–H groups in total. The summed E-state index contributed by atoms with van der Waals surface area (Å²) in [5, 5.41) is 11.6. The minimum atomic E-state index is -4.00. The maximum atomic E-state index is 13.0. The number of nitriles is 1. The van der Waals surface area contributed by atoms with Gasteiger partial charge < -0.3 is 10.3 Å². The third kappa shape index (κ3) is 4.23. The molecule has 0 amide bonds. The maximum Gasteiger partial charge on any atom is 0.216 e. The van der Waals surface area contributed by atoms with E-state index in [4.69, 9.17) is 28.9 Å². The van der Waals surface area contributed by atoms with Crippen LogP contribution < -0.4 is 5.73 Å². The molecule has 0 radical (unpaired) electrons. The van der Waals surface area contributed by atoms with Gasteiger partial charge in [0.15, 0.2) is 0 Å². The summed E-state index contributed by atoms with van der Waals surface area (Å²) < 4.78 is 28.0. The number of fused-ring (bicyclic) bond motifs is 1. The van der Waals surface area contributed by atoms with E-state index in [-0.39, 0.29) is 9.80 Å². The van der Waals surface area contributed by atoms with E-state index in [0.29, 0.717) is 27.8 Å². The van der Waals surface area contributed by atoms with Crippen molar-refractivity contribution in [3.63, 3.8) is 0 Å². The summed E-state index contributed by atoms with van der Waals surface area (Å²) in [6, 6.07) is 20.5. The van der Waals surface area contributed by atoms with Crippen molar-refractivity contribution in [1.29, 1.82) is 5.26 Å². The number of anilines is 1. The number of aromatic nitrogens is 1. The van der Waals surface area contributed by atoms with Gasteiger partial charge in [-0.1, -0.05) is 47.5 Å². The average Bonchev–Trinajstić information content (AvgIpc) is 3.11. The maximum absolute atomic E-state index is 13.0. The lowest BCUT2D eigenvalue weighted by atomic mass is 10.1. The molecule has 0 aliphatic carbocycles. The molecule has 4 aromatic rings. The smallest absolute Gasteiger partial charge is 0.216 e. The van der Waals surface area contributed by atoms with Crippen LogP contribution in [0.1, 0.15) is 11.1 Å². The topological polar surface area (TPSA) is 88.9 Å². The van der Waals surface area contributed by atoms with Crippen molar-refractivity contribution in [2.75, 3.05) is 5.73 Å². The van der Waals surface area contributed by atoms with Crippen molar-refractivity contribution < 1.29 is 8.42 Å². The monoisotopic (exact) mass is 481 g/mol. The zero-order valence-corrected chi connectivity index (χ0v) is 19.0. The first-order valence-corrected chi connectivity index (χ1v) is 11.8. The summed E-state index contributed by atoms with van der Waals surface area (Å²) in [7, 11) is -4.00. The van der Waals surface area contributed by atoms with Gasteiger partial charge in [0.1, 0.15) is 11.0 Å². The number of allylic oxidation sites excluding steroid dienone is 1. The van der Waals surface area contributed by atoms with Gasteiger partial charge >= 0.3 is 0 Å². The Bertz CT molecular complexity index is 1500. The van der Waals surface area contributed by atoms with Crippen LogP contribution in [0.4, 0.5) is 5.69 Å². The van der Waals surface area contributed by atoms with Gasteiger partial charge in [0.05, 0.1) is 4.90 Å². The van der Waals surface area contributed by atoms with Gasteiger partial charge in [-0.25, -0.2) is 8.42 Å². The van der Waals surface area contributed by atoms with Gasteiger partial charge in [-0.3, -0.25) is 0 Å². The minimum absolute atomic E-state index is 0.0104. The lowest BCUT2D eigenvalue weighted by molar-refractivity contribution is 0.603. The molecule has 0 aliphatic heterocycles. The molecule has 32 heavy (non-hydrogen) atoms. The molecule has 0 spiro atoms. The fourth-order valence-electron chi connectivity index (χ4n) is 3.44. The molecule has 0 atom stereocenters. The van der Waals surface area contributed by atoms with Crippen LogP contribution in [0.2, 0.25) is 10.0 Å². The van der Waals surface area contributed by atoms with Gasteiger partial charge in [0.2, 0.25) is 9.84 Å². The molecule has 1 heterocycles. The number of rotatable bonds is 5. The molecule has 4 rings (SSSR count). The normalized spacial score (nSPS) is 12.1. The first-order valence-electron chi connectivity index (χ1n) is 9.54. The molecule has 8 heteroatoms. The van der Waals surface area contributed by atoms with E-state index in [9.17, 15) is 13.7 Å².